The molecule has 2 aliphatic rings. The Morgan fingerprint density at radius 3 is 2.74 bits per heavy atom. The molecule has 1 fully saturated rings. The van der Waals surface area contributed by atoms with Crippen LogP contribution in [0.2, 0.25) is 0 Å². The second-order valence-electron chi connectivity index (χ2n) is 9.35. The summed E-state index contributed by atoms with van der Waals surface area (Å²) in [6, 6.07) is 8.18. The van der Waals surface area contributed by atoms with E-state index >= 15 is 0 Å². The highest BCUT2D eigenvalue weighted by molar-refractivity contribution is 5.92. The van der Waals surface area contributed by atoms with Gasteiger partial charge in [-0.15, -0.1) is 12.4 Å². The highest BCUT2D eigenvalue weighted by Gasteiger charge is 2.35. The Bertz CT molecular complexity index is 1190. The molecule has 0 spiro atoms. The molecule has 0 radical (unpaired) electrons. The second-order valence-corrected chi connectivity index (χ2v) is 9.35. The van der Waals surface area contributed by atoms with Gasteiger partial charge >= 0.3 is 5.97 Å². The Morgan fingerprint density at radius 1 is 1.17 bits per heavy atom. The summed E-state index contributed by atoms with van der Waals surface area (Å²) in [5, 5.41) is 0.950. The summed E-state index contributed by atoms with van der Waals surface area (Å²) >= 11 is 0. The van der Waals surface area contributed by atoms with Crippen LogP contribution >= 0.6 is 12.4 Å². The van der Waals surface area contributed by atoms with Crippen LogP contribution in [0, 0.1) is 11.6 Å². The Labute approximate surface area is 210 Å². The lowest BCUT2D eigenvalue weighted by Gasteiger charge is -2.44. The Morgan fingerprint density at radius 2 is 2.00 bits per heavy atom. The van der Waals surface area contributed by atoms with Gasteiger partial charge in [0.2, 0.25) is 0 Å². The minimum atomic E-state index is -0.467. The second kappa shape index (κ2) is 11.0. The number of nitrogens with zero attached hydrogens (tertiary/aromatic N) is 1. The maximum absolute atomic E-state index is 14.4. The monoisotopic (exact) mass is 504 g/mol. The molecule has 188 valence electrons. The van der Waals surface area contributed by atoms with Crippen LogP contribution < -0.4 is 4.74 Å². The lowest BCUT2D eigenvalue weighted by Crippen LogP contribution is -2.51. The fourth-order valence-corrected chi connectivity index (χ4v) is 5.30. The molecule has 1 aromatic heterocycles. The van der Waals surface area contributed by atoms with E-state index in [1.165, 1.54) is 31.7 Å². The normalized spacial score (nSPS) is 17.4. The fraction of sp³-hybridized carbons (Fsp3) is 0.444. The van der Waals surface area contributed by atoms with Crippen LogP contribution in [0.3, 0.4) is 0 Å². The number of ether oxygens (including phenoxy) is 2. The van der Waals surface area contributed by atoms with Crippen LogP contribution in [0.5, 0.6) is 5.75 Å². The van der Waals surface area contributed by atoms with Crippen molar-refractivity contribution in [2.45, 2.75) is 57.0 Å². The van der Waals surface area contributed by atoms with Gasteiger partial charge in [-0.2, -0.15) is 0 Å². The van der Waals surface area contributed by atoms with E-state index < -0.39 is 11.8 Å². The first-order valence-electron chi connectivity index (χ1n) is 12.1. The van der Waals surface area contributed by atoms with Crippen LogP contribution in [-0.2, 0) is 17.6 Å². The largest absolute Gasteiger partial charge is 0.489 e. The highest BCUT2D eigenvalue weighted by atomic mass is 35.5. The third kappa shape index (κ3) is 5.16. The molecule has 1 N–H and O–H groups in total. The van der Waals surface area contributed by atoms with E-state index in [4.69, 9.17) is 9.47 Å². The van der Waals surface area contributed by atoms with Gasteiger partial charge in [0.05, 0.1) is 12.7 Å². The molecular formula is C27H31ClF2N2O3. The zero-order valence-electron chi connectivity index (χ0n) is 19.8. The van der Waals surface area contributed by atoms with E-state index in [0.29, 0.717) is 30.2 Å². The zero-order valence-corrected chi connectivity index (χ0v) is 20.6. The van der Waals surface area contributed by atoms with Gasteiger partial charge < -0.3 is 14.5 Å². The van der Waals surface area contributed by atoms with Crippen LogP contribution in [-0.4, -0.2) is 48.2 Å². The van der Waals surface area contributed by atoms with Gasteiger partial charge in [-0.3, -0.25) is 4.90 Å². The van der Waals surface area contributed by atoms with Gasteiger partial charge in [0.1, 0.15) is 12.4 Å². The predicted octanol–water partition coefficient (Wildman–Crippen LogP) is 5.84. The summed E-state index contributed by atoms with van der Waals surface area (Å²) < 4.78 is 38.8. The Hall–Kier alpha value is -2.64. The number of esters is 1. The molecule has 1 saturated carbocycles. The number of methoxy groups -OCH3 is 1. The smallest absolute Gasteiger partial charge is 0.338 e. The van der Waals surface area contributed by atoms with Gasteiger partial charge in [-0.05, 0) is 81.0 Å². The zero-order chi connectivity index (χ0) is 23.7. The van der Waals surface area contributed by atoms with Crippen molar-refractivity contribution in [2.24, 2.45) is 0 Å². The summed E-state index contributed by atoms with van der Waals surface area (Å²) in [7, 11) is 1.34. The Balaban J connectivity index is 0.00000289. The first-order chi connectivity index (χ1) is 16.5. The van der Waals surface area contributed by atoms with E-state index in [0.717, 1.165) is 55.1 Å². The number of benzene rings is 2. The van der Waals surface area contributed by atoms with Crippen LogP contribution in [0.25, 0.3) is 10.9 Å². The minimum Gasteiger partial charge on any atom is -0.489 e. The number of carbonyl (C=O) groups is 1. The average Bonchev–Trinajstić information content (AvgIpc) is 3.21. The number of hydrogen-bond donors (Lipinski definition) is 1. The molecule has 0 unspecified atom stereocenters. The van der Waals surface area contributed by atoms with E-state index in [1.54, 1.807) is 12.1 Å². The third-order valence-corrected chi connectivity index (χ3v) is 7.33. The molecule has 5 rings (SSSR count). The number of hydrogen-bond acceptors (Lipinski definition) is 4. The van der Waals surface area contributed by atoms with E-state index in [9.17, 15) is 13.6 Å². The molecule has 0 amide bonds. The number of H-pyrrole nitrogens is 1. The molecular weight excluding hydrogens is 474 g/mol. The molecule has 2 heterocycles. The van der Waals surface area contributed by atoms with Crippen molar-refractivity contribution < 1.29 is 23.0 Å². The third-order valence-electron chi connectivity index (χ3n) is 7.33. The van der Waals surface area contributed by atoms with Gasteiger partial charge in [-0.25, -0.2) is 13.6 Å². The molecule has 3 aromatic rings. The van der Waals surface area contributed by atoms with Crippen molar-refractivity contribution in [3.05, 3.63) is 64.9 Å². The highest BCUT2D eigenvalue weighted by Crippen LogP contribution is 2.36. The molecule has 35 heavy (non-hydrogen) atoms. The number of nitrogens with one attached hydrogen (secondary N) is 1. The summed E-state index contributed by atoms with van der Waals surface area (Å²) in [6.45, 7) is 1.32. The molecule has 1 aliphatic heterocycles. The van der Waals surface area contributed by atoms with Gasteiger partial charge in [0, 0.05) is 34.7 Å². The fourth-order valence-electron chi connectivity index (χ4n) is 5.30. The summed E-state index contributed by atoms with van der Waals surface area (Å²) in [5.41, 5.74) is 3.08. The molecule has 5 nitrogen and oxygen atoms in total. The maximum atomic E-state index is 14.4. The van der Waals surface area contributed by atoms with Gasteiger partial charge in [0.25, 0.3) is 0 Å². The predicted molar refractivity (Wildman–Crippen MR) is 134 cm³/mol. The van der Waals surface area contributed by atoms with E-state index in [-0.39, 0.29) is 30.0 Å². The van der Waals surface area contributed by atoms with E-state index in [2.05, 4.69) is 9.88 Å². The SMILES string of the molecule is COC(=O)c1ccc(F)c2c1C[C@@H](N(CCCCc1c[nH]c3ccc(F)cc13)C1CCC1)CO2.Cl. The van der Waals surface area contributed by atoms with Crippen LogP contribution in [0.15, 0.2) is 36.5 Å². The number of aromatic nitrogens is 1. The summed E-state index contributed by atoms with van der Waals surface area (Å²) in [4.78, 5) is 18.0. The van der Waals surface area contributed by atoms with Crippen molar-refractivity contribution in [2.75, 3.05) is 20.3 Å². The summed E-state index contributed by atoms with van der Waals surface area (Å²) in [5.74, 6) is -0.943. The number of aromatic amines is 1. The first kappa shape index (κ1) is 25.5. The topological polar surface area (TPSA) is 54.6 Å². The minimum absolute atomic E-state index is 0. The van der Waals surface area contributed by atoms with Crippen LogP contribution in [0.4, 0.5) is 8.78 Å². The maximum Gasteiger partial charge on any atom is 0.338 e. The van der Waals surface area contributed by atoms with Crippen molar-refractivity contribution in [3.63, 3.8) is 0 Å². The van der Waals surface area contributed by atoms with Crippen LogP contribution in [0.1, 0.15) is 53.6 Å². The molecule has 0 saturated heterocycles. The molecule has 0 bridgehead atoms. The number of fused-ring (bicyclic) bond motifs is 2. The van der Waals surface area contributed by atoms with E-state index in [1.807, 2.05) is 6.20 Å². The lowest BCUT2D eigenvalue weighted by molar-refractivity contribution is 0.0408. The number of carbonyl (C=O) groups excluding carboxylic acids is 1. The quantitative estimate of drug-likeness (QED) is 0.309. The Kier molecular flexibility index (Phi) is 7.97. The molecule has 8 heteroatoms. The van der Waals surface area contributed by atoms with Crippen molar-refractivity contribution in [3.8, 4) is 5.75 Å². The number of rotatable bonds is 8. The van der Waals surface area contributed by atoms with Gasteiger partial charge in [-0.1, -0.05) is 6.42 Å². The number of halogens is 3. The lowest BCUT2D eigenvalue weighted by atomic mass is 9.87. The van der Waals surface area contributed by atoms with Gasteiger partial charge in [0.15, 0.2) is 11.6 Å². The van der Waals surface area contributed by atoms with Crippen molar-refractivity contribution in [1.82, 2.24) is 9.88 Å². The number of aryl methyl sites for hydroxylation is 1. The molecule has 2 aromatic carbocycles. The first-order valence-corrected chi connectivity index (χ1v) is 12.1. The van der Waals surface area contributed by atoms with Crippen molar-refractivity contribution in [1.29, 1.82) is 0 Å². The molecule has 1 aliphatic carbocycles. The molecule has 1 atom stereocenters. The average molecular weight is 505 g/mol. The number of unbranched alkanes of at least 4 members (excludes halogenated alkanes) is 1. The summed E-state index contributed by atoms with van der Waals surface area (Å²) in [6.07, 6.45) is 8.92. The van der Waals surface area contributed by atoms with Crippen molar-refractivity contribution >= 4 is 29.3 Å². The standard InChI is InChI=1S/C27H30F2N2O3.ClH/c1-33-27(32)21-9-10-24(29)26-23(21)14-20(16-34-26)31(19-6-4-7-19)12-3-2-5-17-15-30-25-11-8-18(28)13-22(17)25;/h8-11,13,15,19-20,30H,2-7,12,14,16H2,1H3;1H/t20-;/m1./s1.